The molecule has 1 aromatic carbocycles. The van der Waals surface area contributed by atoms with E-state index in [1.165, 1.54) is 6.07 Å². The van der Waals surface area contributed by atoms with Crippen molar-refractivity contribution in [2.45, 2.75) is 19.4 Å². The summed E-state index contributed by atoms with van der Waals surface area (Å²) in [6.07, 6.45) is 0.710. The molecule has 0 spiro atoms. The predicted molar refractivity (Wildman–Crippen MR) is 67.1 cm³/mol. The lowest BCUT2D eigenvalue weighted by Crippen LogP contribution is -2.25. The molecule has 0 heterocycles. The molecule has 0 N–H and O–H groups in total. The summed E-state index contributed by atoms with van der Waals surface area (Å²) in [4.78, 5) is 1.88. The van der Waals surface area contributed by atoms with E-state index in [-0.39, 0.29) is 5.02 Å². The molecule has 1 rings (SSSR count). The molecular formula is C13H13ClFN3. The van der Waals surface area contributed by atoms with E-state index in [4.69, 9.17) is 22.1 Å². The summed E-state index contributed by atoms with van der Waals surface area (Å²) in [5.41, 5.74) is 0.485. The summed E-state index contributed by atoms with van der Waals surface area (Å²) < 4.78 is 13.7. The van der Waals surface area contributed by atoms with Crippen molar-refractivity contribution in [1.82, 2.24) is 4.90 Å². The second-order valence-corrected chi connectivity index (χ2v) is 4.21. The topological polar surface area (TPSA) is 50.8 Å². The fraction of sp³-hybridized carbons (Fsp3) is 0.385. The summed E-state index contributed by atoms with van der Waals surface area (Å²) in [5.74, 6) is -0.432. The Kier molecular flexibility index (Phi) is 6.14. The molecule has 0 bridgehead atoms. The Balaban J connectivity index is 2.73. The van der Waals surface area contributed by atoms with Crippen LogP contribution in [0.3, 0.4) is 0 Å². The van der Waals surface area contributed by atoms with Crippen molar-refractivity contribution in [2.24, 2.45) is 0 Å². The molecule has 94 valence electrons. The first-order valence-corrected chi connectivity index (χ1v) is 5.96. The number of halogens is 2. The summed E-state index contributed by atoms with van der Waals surface area (Å²) in [7, 11) is 0. The van der Waals surface area contributed by atoms with Crippen molar-refractivity contribution in [2.75, 3.05) is 13.1 Å². The minimum atomic E-state index is -0.432. The molecule has 18 heavy (non-hydrogen) atoms. The number of nitriles is 2. The molecule has 0 saturated carbocycles. The number of hydrogen-bond acceptors (Lipinski definition) is 3. The summed E-state index contributed by atoms with van der Waals surface area (Å²) in [6.45, 7) is 1.39. The van der Waals surface area contributed by atoms with Crippen LogP contribution in [0.2, 0.25) is 5.02 Å². The van der Waals surface area contributed by atoms with Gasteiger partial charge >= 0.3 is 0 Å². The van der Waals surface area contributed by atoms with Crippen molar-refractivity contribution in [3.05, 3.63) is 34.6 Å². The van der Waals surface area contributed by atoms with Crippen molar-refractivity contribution in [1.29, 1.82) is 10.5 Å². The smallest absolute Gasteiger partial charge is 0.146 e. The summed E-state index contributed by atoms with van der Waals surface area (Å²) in [6, 6.07) is 8.93. The zero-order chi connectivity index (χ0) is 13.4. The van der Waals surface area contributed by atoms with Crippen molar-refractivity contribution in [3.63, 3.8) is 0 Å². The normalized spacial score (nSPS) is 10.1. The zero-order valence-corrected chi connectivity index (χ0v) is 10.6. The number of rotatable bonds is 6. The van der Waals surface area contributed by atoms with Crippen molar-refractivity contribution >= 4 is 11.6 Å². The Bertz CT molecular complexity index is 458. The van der Waals surface area contributed by atoms with Gasteiger partial charge < -0.3 is 0 Å². The van der Waals surface area contributed by atoms with Crippen LogP contribution in [0.25, 0.3) is 0 Å². The van der Waals surface area contributed by atoms with E-state index in [2.05, 4.69) is 0 Å². The molecule has 0 aromatic heterocycles. The van der Waals surface area contributed by atoms with Gasteiger partial charge in [0.25, 0.3) is 0 Å². The molecule has 0 unspecified atom stereocenters. The quantitative estimate of drug-likeness (QED) is 0.794. The van der Waals surface area contributed by atoms with Crippen LogP contribution < -0.4 is 0 Å². The second kappa shape index (κ2) is 7.66. The highest BCUT2D eigenvalue weighted by Gasteiger charge is 2.11. The van der Waals surface area contributed by atoms with Gasteiger partial charge in [-0.3, -0.25) is 4.90 Å². The van der Waals surface area contributed by atoms with E-state index >= 15 is 0 Å². The number of hydrogen-bond donors (Lipinski definition) is 0. The number of benzene rings is 1. The predicted octanol–water partition coefficient (Wildman–Crippen LogP) is 3.11. The summed E-state index contributed by atoms with van der Waals surface area (Å²) in [5, 5.41) is 17.2. The van der Waals surface area contributed by atoms with Crippen LogP contribution in [0.5, 0.6) is 0 Å². The minimum Gasteiger partial charge on any atom is -0.297 e. The largest absolute Gasteiger partial charge is 0.297 e. The highest BCUT2D eigenvalue weighted by Crippen LogP contribution is 2.19. The molecule has 0 aliphatic heterocycles. The molecule has 0 atom stereocenters. The number of nitrogens with zero attached hydrogens (tertiary/aromatic N) is 3. The molecule has 0 amide bonds. The maximum absolute atomic E-state index is 13.7. The van der Waals surface area contributed by atoms with Crippen LogP contribution in [0, 0.1) is 28.5 Å². The SMILES string of the molecule is N#CCCN(CCC#N)Cc1cccc(Cl)c1F. The fourth-order valence-corrected chi connectivity index (χ4v) is 1.79. The average Bonchev–Trinajstić information content (AvgIpc) is 2.38. The third-order valence-electron chi connectivity index (χ3n) is 2.51. The lowest BCUT2D eigenvalue weighted by molar-refractivity contribution is 0.274. The Morgan fingerprint density at radius 1 is 1.17 bits per heavy atom. The van der Waals surface area contributed by atoms with Crippen molar-refractivity contribution < 1.29 is 4.39 Å². The highest BCUT2D eigenvalue weighted by molar-refractivity contribution is 6.30. The maximum atomic E-state index is 13.7. The molecule has 0 radical (unpaired) electrons. The Labute approximate surface area is 111 Å². The van der Waals surface area contributed by atoms with E-state index in [1.807, 2.05) is 17.0 Å². The molecular weight excluding hydrogens is 253 g/mol. The van der Waals surface area contributed by atoms with E-state index in [0.717, 1.165) is 0 Å². The molecule has 5 heteroatoms. The van der Waals surface area contributed by atoms with Gasteiger partial charge in [0.05, 0.1) is 17.2 Å². The zero-order valence-electron chi connectivity index (χ0n) is 9.87. The van der Waals surface area contributed by atoms with Crippen molar-refractivity contribution in [3.8, 4) is 12.1 Å². The van der Waals surface area contributed by atoms with Gasteiger partial charge in [-0.25, -0.2) is 4.39 Å². The van der Waals surface area contributed by atoms with E-state index < -0.39 is 5.82 Å². The fourth-order valence-electron chi connectivity index (χ4n) is 1.60. The minimum absolute atomic E-state index is 0.0908. The average molecular weight is 266 g/mol. The Morgan fingerprint density at radius 3 is 2.33 bits per heavy atom. The highest BCUT2D eigenvalue weighted by atomic mass is 35.5. The van der Waals surface area contributed by atoms with Crippen LogP contribution in [0.4, 0.5) is 4.39 Å². The van der Waals surface area contributed by atoms with Gasteiger partial charge in [-0.05, 0) is 6.07 Å². The van der Waals surface area contributed by atoms with Gasteiger partial charge in [-0.1, -0.05) is 23.7 Å². The van der Waals surface area contributed by atoms with Gasteiger partial charge in [-0.2, -0.15) is 10.5 Å². The molecule has 3 nitrogen and oxygen atoms in total. The third-order valence-corrected chi connectivity index (χ3v) is 2.80. The monoisotopic (exact) mass is 265 g/mol. The van der Waals surface area contributed by atoms with Gasteiger partial charge in [0, 0.05) is 38.0 Å². The molecule has 0 fully saturated rings. The van der Waals surface area contributed by atoms with Gasteiger partial charge in [-0.15, -0.1) is 0 Å². The first-order valence-electron chi connectivity index (χ1n) is 5.58. The third kappa shape index (κ3) is 4.33. The molecule has 1 aromatic rings. The lowest BCUT2D eigenvalue weighted by Gasteiger charge is -2.20. The Hall–Kier alpha value is -1.62. The van der Waals surface area contributed by atoms with Gasteiger partial charge in [0.2, 0.25) is 0 Å². The molecule has 0 saturated heterocycles. The van der Waals surface area contributed by atoms with E-state index in [9.17, 15) is 4.39 Å². The lowest BCUT2D eigenvalue weighted by atomic mass is 10.2. The van der Waals surface area contributed by atoms with Crippen LogP contribution in [0.15, 0.2) is 18.2 Å². The Morgan fingerprint density at radius 2 is 1.78 bits per heavy atom. The molecule has 0 aliphatic rings. The van der Waals surface area contributed by atoms with Gasteiger partial charge in [0.1, 0.15) is 5.82 Å². The maximum Gasteiger partial charge on any atom is 0.146 e. The van der Waals surface area contributed by atoms with Crippen LogP contribution in [0.1, 0.15) is 18.4 Å². The first-order chi connectivity index (χ1) is 8.69. The van der Waals surface area contributed by atoms with Gasteiger partial charge in [0.15, 0.2) is 0 Å². The molecule has 0 aliphatic carbocycles. The van der Waals surface area contributed by atoms with Crippen LogP contribution in [-0.2, 0) is 6.54 Å². The second-order valence-electron chi connectivity index (χ2n) is 3.81. The summed E-state index contributed by atoms with van der Waals surface area (Å²) >= 11 is 5.71. The van der Waals surface area contributed by atoms with E-state index in [0.29, 0.717) is 38.0 Å². The first kappa shape index (κ1) is 14.4. The van der Waals surface area contributed by atoms with Crippen LogP contribution >= 0.6 is 11.6 Å². The van der Waals surface area contributed by atoms with E-state index in [1.54, 1.807) is 12.1 Å². The standard InChI is InChI=1S/C13H13ClFN3/c14-12-5-1-4-11(13(12)15)10-18(8-2-6-16)9-3-7-17/h1,4-5H,2-3,8-10H2. The van der Waals surface area contributed by atoms with Crippen LogP contribution in [-0.4, -0.2) is 18.0 Å².